The topological polar surface area (TPSA) is 63.1 Å². The molecule has 2 unspecified atom stereocenters. The van der Waals surface area contributed by atoms with E-state index in [-0.39, 0.29) is 12.1 Å². The monoisotopic (exact) mass is 339 g/mol. The van der Waals surface area contributed by atoms with Gasteiger partial charge in [-0.25, -0.2) is 14.5 Å². The van der Waals surface area contributed by atoms with Crippen molar-refractivity contribution in [1.82, 2.24) is 25.0 Å². The van der Waals surface area contributed by atoms with Crippen molar-refractivity contribution in [3.8, 4) is 5.69 Å². The normalized spacial score (nSPS) is 19.3. The van der Waals surface area contributed by atoms with Crippen molar-refractivity contribution in [1.29, 1.82) is 0 Å². The number of rotatable bonds is 6. The maximum absolute atomic E-state index is 12.9. The molecule has 2 aliphatic carbocycles. The fourth-order valence-corrected chi connectivity index (χ4v) is 3.46. The number of benzene rings is 1. The van der Waals surface area contributed by atoms with Crippen LogP contribution in [0, 0.1) is 5.92 Å². The van der Waals surface area contributed by atoms with E-state index in [0.29, 0.717) is 18.0 Å². The molecule has 1 heterocycles. The van der Waals surface area contributed by atoms with Crippen LogP contribution in [0.4, 0.5) is 4.79 Å². The van der Waals surface area contributed by atoms with E-state index in [1.54, 1.807) is 11.0 Å². The molecule has 2 aliphatic rings. The Hall–Kier alpha value is -2.37. The second-order valence-electron chi connectivity index (χ2n) is 7.32. The molecule has 0 bridgehead atoms. The zero-order valence-corrected chi connectivity index (χ0v) is 14.8. The second-order valence-corrected chi connectivity index (χ2v) is 7.32. The third-order valence-electron chi connectivity index (χ3n) is 5.31. The van der Waals surface area contributed by atoms with Crippen LogP contribution in [0.1, 0.15) is 51.1 Å². The average molecular weight is 339 g/mol. The summed E-state index contributed by atoms with van der Waals surface area (Å²) in [5.41, 5.74) is 2.01. The minimum absolute atomic E-state index is 0.0522. The standard InChI is InChI=1S/C19H25N5O/c1-13(16-4-3-5-18(10-16)23-12-20-11-21-23)22-19(25)24(17-8-9-17)14(2)15-6-7-15/h3-5,10-15,17H,6-9H2,1-2H3,(H,22,25). The number of urea groups is 1. The van der Waals surface area contributed by atoms with Crippen molar-refractivity contribution in [3.63, 3.8) is 0 Å². The predicted octanol–water partition coefficient (Wildman–Crippen LogP) is 3.30. The molecular weight excluding hydrogens is 314 g/mol. The van der Waals surface area contributed by atoms with Gasteiger partial charge in [-0.15, -0.1) is 0 Å². The van der Waals surface area contributed by atoms with Gasteiger partial charge in [0.15, 0.2) is 0 Å². The molecular formula is C19H25N5O. The third kappa shape index (κ3) is 3.52. The first-order valence-electron chi connectivity index (χ1n) is 9.17. The third-order valence-corrected chi connectivity index (χ3v) is 5.31. The summed E-state index contributed by atoms with van der Waals surface area (Å²) in [5, 5.41) is 7.36. The Morgan fingerprint density at radius 1 is 1.28 bits per heavy atom. The Balaban J connectivity index is 1.46. The summed E-state index contributed by atoms with van der Waals surface area (Å²) in [5.74, 6) is 0.692. The summed E-state index contributed by atoms with van der Waals surface area (Å²) in [6.07, 6.45) is 7.99. The fraction of sp³-hybridized carbons (Fsp3) is 0.526. The van der Waals surface area contributed by atoms with Crippen LogP contribution in [-0.2, 0) is 0 Å². The molecule has 25 heavy (non-hydrogen) atoms. The van der Waals surface area contributed by atoms with Crippen LogP contribution in [0.5, 0.6) is 0 Å². The van der Waals surface area contributed by atoms with E-state index in [9.17, 15) is 4.79 Å². The Morgan fingerprint density at radius 3 is 2.72 bits per heavy atom. The number of aromatic nitrogens is 3. The molecule has 4 rings (SSSR count). The van der Waals surface area contributed by atoms with E-state index in [0.717, 1.165) is 24.1 Å². The van der Waals surface area contributed by atoms with Crippen LogP contribution in [0.2, 0.25) is 0 Å². The van der Waals surface area contributed by atoms with E-state index < -0.39 is 0 Å². The van der Waals surface area contributed by atoms with Crippen LogP contribution in [0.25, 0.3) is 5.69 Å². The smallest absolute Gasteiger partial charge is 0.318 e. The average Bonchev–Trinajstić information content (AvgIpc) is 3.54. The van der Waals surface area contributed by atoms with E-state index in [1.807, 2.05) is 31.2 Å². The number of hydrogen-bond donors (Lipinski definition) is 1. The van der Waals surface area contributed by atoms with Crippen molar-refractivity contribution in [3.05, 3.63) is 42.5 Å². The highest BCUT2D eigenvalue weighted by atomic mass is 16.2. The maximum Gasteiger partial charge on any atom is 0.318 e. The lowest BCUT2D eigenvalue weighted by atomic mass is 10.1. The molecule has 6 heteroatoms. The molecule has 2 aromatic rings. The van der Waals surface area contributed by atoms with Crippen molar-refractivity contribution in [2.75, 3.05) is 0 Å². The lowest BCUT2D eigenvalue weighted by molar-refractivity contribution is 0.164. The molecule has 2 atom stereocenters. The van der Waals surface area contributed by atoms with Crippen molar-refractivity contribution < 1.29 is 4.79 Å². The lowest BCUT2D eigenvalue weighted by Crippen LogP contribution is -2.47. The summed E-state index contributed by atoms with van der Waals surface area (Å²) in [4.78, 5) is 19.0. The molecule has 1 aromatic heterocycles. The van der Waals surface area contributed by atoms with Crippen LogP contribution in [0.15, 0.2) is 36.9 Å². The van der Waals surface area contributed by atoms with Crippen molar-refractivity contribution >= 4 is 6.03 Å². The molecule has 2 amide bonds. The first kappa shape index (κ1) is 16.1. The summed E-state index contributed by atoms with van der Waals surface area (Å²) < 4.78 is 1.73. The number of amides is 2. The first-order valence-corrected chi connectivity index (χ1v) is 9.17. The summed E-state index contributed by atoms with van der Waals surface area (Å²) in [6, 6.07) is 8.86. The molecule has 2 fully saturated rings. The van der Waals surface area contributed by atoms with Gasteiger partial charge in [-0.2, -0.15) is 5.10 Å². The number of nitrogens with one attached hydrogen (secondary N) is 1. The SMILES string of the molecule is CC(NC(=O)N(C1CC1)C(C)C1CC1)c1cccc(-n2cncn2)c1. The van der Waals surface area contributed by atoms with Gasteiger partial charge >= 0.3 is 6.03 Å². The minimum atomic E-state index is -0.0522. The van der Waals surface area contributed by atoms with Gasteiger partial charge in [0.1, 0.15) is 12.7 Å². The van der Waals surface area contributed by atoms with Gasteiger partial charge in [-0.1, -0.05) is 12.1 Å². The first-order chi connectivity index (χ1) is 12.1. The highest BCUT2D eigenvalue weighted by Crippen LogP contribution is 2.39. The summed E-state index contributed by atoms with van der Waals surface area (Å²) in [7, 11) is 0. The number of carbonyl (C=O) groups excluding carboxylic acids is 1. The summed E-state index contributed by atoms with van der Waals surface area (Å²) >= 11 is 0. The van der Waals surface area contributed by atoms with Crippen molar-refractivity contribution in [2.24, 2.45) is 5.92 Å². The van der Waals surface area contributed by atoms with E-state index in [4.69, 9.17) is 0 Å². The lowest BCUT2D eigenvalue weighted by Gasteiger charge is -2.31. The molecule has 1 N–H and O–H groups in total. The minimum Gasteiger partial charge on any atom is -0.331 e. The Labute approximate surface area is 148 Å². The van der Waals surface area contributed by atoms with Gasteiger partial charge < -0.3 is 10.2 Å². The quantitative estimate of drug-likeness (QED) is 0.878. The molecule has 0 aliphatic heterocycles. The molecule has 1 aromatic carbocycles. The van der Waals surface area contributed by atoms with Gasteiger partial charge in [0.25, 0.3) is 0 Å². The Bertz CT molecular complexity index is 736. The highest BCUT2D eigenvalue weighted by Gasteiger charge is 2.41. The molecule has 0 saturated heterocycles. The predicted molar refractivity (Wildman–Crippen MR) is 95.4 cm³/mol. The number of nitrogens with zero attached hydrogens (tertiary/aromatic N) is 4. The van der Waals surface area contributed by atoms with Gasteiger partial charge in [-0.05, 0) is 63.1 Å². The fourth-order valence-electron chi connectivity index (χ4n) is 3.46. The van der Waals surface area contributed by atoms with Crippen LogP contribution in [-0.4, -0.2) is 37.8 Å². The van der Waals surface area contributed by atoms with E-state index in [1.165, 1.54) is 19.2 Å². The summed E-state index contributed by atoms with van der Waals surface area (Å²) in [6.45, 7) is 4.23. The Morgan fingerprint density at radius 2 is 2.08 bits per heavy atom. The number of carbonyl (C=O) groups is 1. The highest BCUT2D eigenvalue weighted by molar-refractivity contribution is 5.76. The molecule has 6 nitrogen and oxygen atoms in total. The zero-order valence-electron chi connectivity index (χ0n) is 14.8. The van der Waals surface area contributed by atoms with Crippen LogP contribution in [0.3, 0.4) is 0 Å². The van der Waals surface area contributed by atoms with Crippen molar-refractivity contribution in [2.45, 2.75) is 57.7 Å². The molecule has 132 valence electrons. The largest absolute Gasteiger partial charge is 0.331 e. The second kappa shape index (κ2) is 6.50. The Kier molecular flexibility index (Phi) is 4.19. The van der Waals surface area contributed by atoms with Gasteiger partial charge in [0, 0.05) is 12.1 Å². The molecule has 0 spiro atoms. The molecule has 0 radical (unpaired) electrons. The van der Waals surface area contributed by atoms with E-state index in [2.05, 4.69) is 27.2 Å². The van der Waals surface area contributed by atoms with Gasteiger partial charge in [0.2, 0.25) is 0 Å². The van der Waals surface area contributed by atoms with Crippen LogP contribution < -0.4 is 5.32 Å². The number of hydrogen-bond acceptors (Lipinski definition) is 3. The maximum atomic E-state index is 12.9. The van der Waals surface area contributed by atoms with Gasteiger partial charge in [-0.3, -0.25) is 0 Å². The van der Waals surface area contributed by atoms with Gasteiger partial charge in [0.05, 0.1) is 11.7 Å². The molecule has 2 saturated carbocycles. The zero-order chi connectivity index (χ0) is 17.4. The van der Waals surface area contributed by atoms with E-state index >= 15 is 0 Å². The van der Waals surface area contributed by atoms with Crippen LogP contribution >= 0.6 is 0 Å².